The number of hydrogen-bond donors (Lipinski definition) is 3. The number of fused-ring (bicyclic) bond motifs is 1. The van der Waals surface area contributed by atoms with Crippen LogP contribution in [0.3, 0.4) is 0 Å². The number of nitrogens with one attached hydrogen (secondary N) is 3. The number of anilines is 2. The first-order valence-electron chi connectivity index (χ1n) is 12.6. The van der Waals surface area contributed by atoms with Gasteiger partial charge in [0, 0.05) is 13.6 Å². The zero-order valence-corrected chi connectivity index (χ0v) is 21.4. The maximum Gasteiger partial charge on any atom is 0.415 e. The van der Waals surface area contributed by atoms with Crippen molar-refractivity contribution >= 4 is 29.5 Å². The molecule has 0 saturated carbocycles. The minimum Gasteiger partial charge on any atom is -0.484 e. The maximum atomic E-state index is 12.5. The minimum atomic E-state index is -0.468. The lowest BCUT2D eigenvalue weighted by atomic mass is 10.0. The molecule has 0 radical (unpaired) electrons. The second-order valence-corrected chi connectivity index (χ2v) is 9.12. The second kappa shape index (κ2) is 11.8. The molecule has 5 rings (SSSR count). The number of amides is 3. The Morgan fingerprint density at radius 1 is 1.13 bits per heavy atom. The number of hydrogen-bond acceptors (Lipinski definition) is 8. The molecule has 39 heavy (non-hydrogen) atoms. The van der Waals surface area contributed by atoms with Crippen LogP contribution in [0.15, 0.2) is 60.7 Å². The zero-order chi connectivity index (χ0) is 27.2. The van der Waals surface area contributed by atoms with Crippen LogP contribution in [0.2, 0.25) is 0 Å². The highest BCUT2D eigenvalue weighted by molar-refractivity contribution is 5.95. The Kier molecular flexibility index (Phi) is 7.88. The van der Waals surface area contributed by atoms with E-state index >= 15 is 0 Å². The zero-order valence-electron chi connectivity index (χ0n) is 21.4. The number of pyridine rings is 1. The third-order valence-corrected chi connectivity index (χ3v) is 6.33. The summed E-state index contributed by atoms with van der Waals surface area (Å²) in [4.78, 5) is 41.3. The summed E-state index contributed by atoms with van der Waals surface area (Å²) in [7, 11) is 1.57. The van der Waals surface area contributed by atoms with Crippen LogP contribution < -0.4 is 30.3 Å². The summed E-state index contributed by atoms with van der Waals surface area (Å²) in [6, 6.07) is 19.2. The molecule has 2 aliphatic rings. The highest BCUT2D eigenvalue weighted by Crippen LogP contribution is 2.30. The molecule has 1 saturated heterocycles. The van der Waals surface area contributed by atoms with Crippen molar-refractivity contribution in [3.05, 3.63) is 66.2 Å². The van der Waals surface area contributed by atoms with E-state index in [1.807, 2.05) is 42.5 Å². The van der Waals surface area contributed by atoms with Crippen LogP contribution in [-0.2, 0) is 20.9 Å². The van der Waals surface area contributed by atoms with Gasteiger partial charge in [0.05, 0.1) is 6.54 Å². The van der Waals surface area contributed by atoms with Crippen molar-refractivity contribution in [3.63, 3.8) is 0 Å². The summed E-state index contributed by atoms with van der Waals surface area (Å²) < 4.78 is 16.4. The maximum absolute atomic E-state index is 12.5. The number of ether oxygens (including phenoxy) is 3. The number of carbonyl (C=O) groups excluding carboxylic acids is 3. The fourth-order valence-electron chi connectivity index (χ4n) is 4.31. The van der Waals surface area contributed by atoms with Gasteiger partial charge in [-0.15, -0.1) is 0 Å². The van der Waals surface area contributed by atoms with Gasteiger partial charge in [0.1, 0.15) is 17.7 Å². The first kappa shape index (κ1) is 26.0. The van der Waals surface area contributed by atoms with Crippen LogP contribution in [-0.4, -0.2) is 62.3 Å². The van der Waals surface area contributed by atoms with Crippen LogP contribution in [0.4, 0.5) is 16.4 Å². The lowest BCUT2D eigenvalue weighted by molar-refractivity contribution is -0.122. The highest BCUT2D eigenvalue weighted by Gasteiger charge is 2.33. The van der Waals surface area contributed by atoms with Crippen LogP contribution in [0.1, 0.15) is 12.0 Å². The number of likely N-dealkylation sites (N-methyl/N-ethyl adjacent to an activating group) is 1. The van der Waals surface area contributed by atoms with Gasteiger partial charge < -0.3 is 30.2 Å². The summed E-state index contributed by atoms with van der Waals surface area (Å²) in [6.45, 7) is 1.59. The van der Waals surface area contributed by atoms with E-state index in [9.17, 15) is 14.4 Å². The molecule has 11 heteroatoms. The molecule has 3 heterocycles. The normalized spacial score (nSPS) is 16.1. The van der Waals surface area contributed by atoms with Gasteiger partial charge in [-0.1, -0.05) is 30.3 Å². The van der Waals surface area contributed by atoms with E-state index in [2.05, 4.69) is 27.0 Å². The Balaban J connectivity index is 1.11. The smallest absolute Gasteiger partial charge is 0.415 e. The van der Waals surface area contributed by atoms with Gasteiger partial charge in [-0.2, -0.15) is 0 Å². The molecule has 0 bridgehead atoms. The molecule has 3 aromatic rings. The summed E-state index contributed by atoms with van der Waals surface area (Å²) >= 11 is 0. The van der Waals surface area contributed by atoms with Gasteiger partial charge in [-0.05, 0) is 60.0 Å². The lowest BCUT2D eigenvalue weighted by Crippen LogP contribution is -2.29. The molecule has 202 valence electrons. The fraction of sp³-hybridized carbons (Fsp3) is 0.286. The van der Waals surface area contributed by atoms with Gasteiger partial charge in [0.25, 0.3) is 11.8 Å². The van der Waals surface area contributed by atoms with Gasteiger partial charge in [0.2, 0.25) is 0 Å². The van der Waals surface area contributed by atoms with Crippen molar-refractivity contribution in [3.8, 4) is 22.6 Å². The van der Waals surface area contributed by atoms with Crippen molar-refractivity contribution in [2.75, 3.05) is 43.6 Å². The molecule has 1 unspecified atom stereocenters. The van der Waals surface area contributed by atoms with Crippen molar-refractivity contribution in [2.45, 2.75) is 19.1 Å². The molecule has 3 amide bonds. The Labute approximate surface area is 225 Å². The van der Waals surface area contributed by atoms with E-state index in [0.717, 1.165) is 16.7 Å². The Morgan fingerprint density at radius 3 is 2.79 bits per heavy atom. The SMILES string of the molecule is CNC(=O)COc1cccc(-c2cccc(CNCCC3CN(c4ccc5c(n4)NC(=O)CO5)C(=O)O3)c2)c1. The quantitative estimate of drug-likeness (QED) is 0.341. The summed E-state index contributed by atoms with van der Waals surface area (Å²) in [6.07, 6.45) is -0.112. The average molecular weight is 532 g/mol. The van der Waals surface area contributed by atoms with Gasteiger partial charge in [-0.3, -0.25) is 14.5 Å². The van der Waals surface area contributed by atoms with Crippen LogP contribution >= 0.6 is 0 Å². The topological polar surface area (TPSA) is 131 Å². The van der Waals surface area contributed by atoms with E-state index in [4.69, 9.17) is 14.2 Å². The van der Waals surface area contributed by atoms with Gasteiger partial charge >= 0.3 is 6.09 Å². The Hall–Kier alpha value is -4.64. The highest BCUT2D eigenvalue weighted by atomic mass is 16.6. The molecule has 2 aromatic carbocycles. The Bertz CT molecular complexity index is 1380. The third kappa shape index (κ3) is 6.44. The standard InChI is InChI=1S/C28H29N5O6/c1-29-25(34)16-37-21-7-3-6-20(13-21)19-5-2-4-18(12-19)14-30-11-10-22-15-33(28(36)39-22)24-9-8-23-27(31-24)32-26(35)17-38-23/h2-9,12-13,22,30H,10-11,14-17H2,1H3,(H,29,34)(H,31,32,35). The minimum absolute atomic E-state index is 0.0328. The molecular weight excluding hydrogens is 502 g/mol. The molecule has 1 aromatic heterocycles. The van der Waals surface area contributed by atoms with Crippen molar-refractivity contribution in [2.24, 2.45) is 0 Å². The average Bonchev–Trinajstić information content (AvgIpc) is 3.34. The van der Waals surface area contributed by atoms with Gasteiger partial charge in [-0.25, -0.2) is 9.78 Å². The van der Waals surface area contributed by atoms with Crippen LogP contribution in [0, 0.1) is 0 Å². The lowest BCUT2D eigenvalue weighted by Gasteiger charge is -2.19. The van der Waals surface area contributed by atoms with E-state index < -0.39 is 6.09 Å². The second-order valence-electron chi connectivity index (χ2n) is 9.12. The largest absolute Gasteiger partial charge is 0.484 e. The molecule has 2 aliphatic heterocycles. The van der Waals surface area contributed by atoms with E-state index in [1.165, 1.54) is 4.90 Å². The molecule has 0 aliphatic carbocycles. The summed E-state index contributed by atoms with van der Waals surface area (Å²) in [5.41, 5.74) is 3.14. The number of carbonyl (C=O) groups is 3. The predicted octanol–water partition coefficient (Wildman–Crippen LogP) is 2.71. The van der Waals surface area contributed by atoms with E-state index in [-0.39, 0.29) is 31.1 Å². The van der Waals surface area contributed by atoms with Crippen LogP contribution in [0.25, 0.3) is 11.1 Å². The third-order valence-electron chi connectivity index (χ3n) is 6.33. The predicted molar refractivity (Wildman–Crippen MR) is 144 cm³/mol. The first-order valence-corrected chi connectivity index (χ1v) is 12.6. The van der Waals surface area contributed by atoms with Crippen LogP contribution in [0.5, 0.6) is 11.5 Å². The molecule has 11 nitrogen and oxygen atoms in total. The first-order chi connectivity index (χ1) is 19.0. The molecule has 3 N–H and O–H groups in total. The fourth-order valence-corrected chi connectivity index (χ4v) is 4.31. The van der Waals surface area contributed by atoms with Crippen molar-refractivity contribution in [1.29, 1.82) is 0 Å². The number of nitrogens with zero attached hydrogens (tertiary/aromatic N) is 2. The number of benzene rings is 2. The van der Waals surface area contributed by atoms with Crippen molar-refractivity contribution in [1.82, 2.24) is 15.6 Å². The van der Waals surface area contributed by atoms with E-state index in [1.54, 1.807) is 19.2 Å². The van der Waals surface area contributed by atoms with Crippen molar-refractivity contribution < 1.29 is 28.6 Å². The molecule has 0 spiro atoms. The molecule has 1 atom stereocenters. The van der Waals surface area contributed by atoms with Gasteiger partial charge in [0.15, 0.2) is 24.8 Å². The van der Waals surface area contributed by atoms with E-state index in [0.29, 0.717) is 49.2 Å². The summed E-state index contributed by atoms with van der Waals surface area (Å²) in [5.74, 6) is 1.33. The Morgan fingerprint density at radius 2 is 1.95 bits per heavy atom. The summed E-state index contributed by atoms with van der Waals surface area (Å²) in [5, 5.41) is 8.60. The monoisotopic (exact) mass is 531 g/mol. The number of rotatable bonds is 10. The number of aromatic nitrogens is 1. The molecule has 1 fully saturated rings. The number of cyclic esters (lactones) is 1. The molecular formula is C28H29N5O6.